The van der Waals surface area contributed by atoms with Gasteiger partial charge in [0.05, 0.1) is 29.2 Å². The lowest BCUT2D eigenvalue weighted by Crippen LogP contribution is -2.31. The molecule has 0 unspecified atom stereocenters. The summed E-state index contributed by atoms with van der Waals surface area (Å²) in [6.07, 6.45) is 2.71. The summed E-state index contributed by atoms with van der Waals surface area (Å²) >= 11 is 0. The molecule has 0 radical (unpaired) electrons. The largest absolute Gasteiger partial charge is 0.392 e. The zero-order chi connectivity index (χ0) is 20.9. The monoisotopic (exact) mass is 406 g/mol. The maximum Gasteiger partial charge on any atom is 0.282 e. The molecule has 0 fully saturated rings. The Morgan fingerprint density at radius 3 is 2.93 bits per heavy atom. The van der Waals surface area contributed by atoms with Crippen molar-refractivity contribution in [3.05, 3.63) is 54.0 Å². The zero-order valence-corrected chi connectivity index (χ0v) is 16.2. The molecule has 0 saturated carbocycles. The minimum absolute atomic E-state index is 0.0960. The van der Waals surface area contributed by atoms with Crippen LogP contribution in [0.4, 0.5) is 10.2 Å². The molecule has 1 aromatic carbocycles. The van der Waals surface area contributed by atoms with E-state index in [0.29, 0.717) is 36.6 Å². The van der Waals surface area contributed by atoms with Gasteiger partial charge < -0.3 is 9.40 Å². The number of aryl methyl sites for hydroxylation is 1. The van der Waals surface area contributed by atoms with E-state index in [1.54, 1.807) is 18.3 Å². The highest BCUT2D eigenvalue weighted by Gasteiger charge is 2.36. The Balaban J connectivity index is 1.69. The Morgan fingerprint density at radius 2 is 2.10 bits per heavy atom. The summed E-state index contributed by atoms with van der Waals surface area (Å²) in [5, 5.41) is 12.7. The molecule has 0 saturated heterocycles. The summed E-state index contributed by atoms with van der Waals surface area (Å²) in [7, 11) is 0. The quantitative estimate of drug-likeness (QED) is 0.423. The molecule has 0 aliphatic carbocycles. The number of alkyl halides is 1. The average Bonchev–Trinajstić information content (AvgIpc) is 3.25. The molecular formula is C21H19FN6O2. The fourth-order valence-electron chi connectivity index (χ4n) is 3.47. The molecule has 30 heavy (non-hydrogen) atoms. The predicted molar refractivity (Wildman–Crippen MR) is 108 cm³/mol. The Morgan fingerprint density at radius 1 is 1.23 bits per heavy atom. The number of unbranched alkanes of at least 4 members (excludes halogenated alkanes) is 1. The number of oxime groups is 1. The first-order chi connectivity index (χ1) is 14.7. The van der Waals surface area contributed by atoms with E-state index in [0.717, 1.165) is 11.0 Å². The third-order valence-electron chi connectivity index (χ3n) is 4.77. The number of amides is 1. The van der Waals surface area contributed by atoms with Gasteiger partial charge in [0.2, 0.25) is 0 Å². The van der Waals surface area contributed by atoms with Crippen LogP contribution in [0.1, 0.15) is 24.2 Å². The molecule has 0 bridgehead atoms. The second kappa shape index (κ2) is 8.69. The van der Waals surface area contributed by atoms with Crippen LogP contribution in [0, 0.1) is 11.3 Å². The lowest BCUT2D eigenvalue weighted by atomic mass is 10.2. The molecule has 0 N–H and O–H groups in total. The third kappa shape index (κ3) is 3.59. The summed E-state index contributed by atoms with van der Waals surface area (Å²) in [5.74, 6) is 0.768. The number of imidazole rings is 1. The summed E-state index contributed by atoms with van der Waals surface area (Å²) in [6, 6.07) is 13.3. The maximum absolute atomic E-state index is 13.0. The van der Waals surface area contributed by atoms with E-state index in [1.807, 2.05) is 28.8 Å². The number of pyridine rings is 1. The van der Waals surface area contributed by atoms with Crippen molar-refractivity contribution in [2.45, 2.75) is 25.9 Å². The van der Waals surface area contributed by atoms with Gasteiger partial charge in [-0.2, -0.15) is 5.26 Å². The van der Waals surface area contributed by atoms with Crippen molar-refractivity contribution < 1.29 is 14.0 Å². The smallest absolute Gasteiger partial charge is 0.282 e. The van der Waals surface area contributed by atoms with Crippen LogP contribution in [0.25, 0.3) is 11.0 Å². The van der Waals surface area contributed by atoms with Crippen molar-refractivity contribution in [1.82, 2.24) is 14.5 Å². The summed E-state index contributed by atoms with van der Waals surface area (Å²) in [6.45, 7) is -0.115. The van der Waals surface area contributed by atoms with Gasteiger partial charge >= 0.3 is 0 Å². The van der Waals surface area contributed by atoms with Crippen LogP contribution in [0.15, 0.2) is 47.8 Å². The fourth-order valence-corrected chi connectivity index (χ4v) is 3.47. The van der Waals surface area contributed by atoms with Gasteiger partial charge in [-0.1, -0.05) is 17.3 Å². The molecule has 0 spiro atoms. The first-order valence-electron chi connectivity index (χ1n) is 9.59. The lowest BCUT2D eigenvalue weighted by Gasteiger charge is -2.16. The Hall–Kier alpha value is -3.80. The molecule has 8 nitrogen and oxygen atoms in total. The normalized spacial score (nSPS) is 14.3. The second-order valence-corrected chi connectivity index (χ2v) is 6.66. The van der Waals surface area contributed by atoms with Crippen molar-refractivity contribution in [3.63, 3.8) is 0 Å². The van der Waals surface area contributed by atoms with Crippen LogP contribution in [-0.4, -0.2) is 39.4 Å². The molecule has 4 rings (SSSR count). The van der Waals surface area contributed by atoms with Crippen LogP contribution < -0.4 is 4.90 Å². The number of hydrogen-bond acceptors (Lipinski definition) is 6. The highest BCUT2D eigenvalue weighted by atomic mass is 19.1. The molecule has 2 aromatic heterocycles. The lowest BCUT2D eigenvalue weighted by molar-refractivity contribution is -0.112. The van der Waals surface area contributed by atoms with Crippen molar-refractivity contribution >= 4 is 28.5 Å². The summed E-state index contributed by atoms with van der Waals surface area (Å²) < 4.78 is 14.4. The van der Waals surface area contributed by atoms with Crippen molar-refractivity contribution in [2.75, 3.05) is 18.2 Å². The standard InChI is InChI=1S/C21H19FN6O2/c22-9-13-30-26-19-15-6-5-11-24-20(15)28(21(19)29)14-18-25-16-7-1-2-8-17(16)27(18)12-4-3-10-23/h1-2,5-8,11H,3-4,9,12-14H2/b26-19+. The van der Waals surface area contributed by atoms with E-state index < -0.39 is 6.67 Å². The van der Waals surface area contributed by atoms with E-state index in [1.165, 1.54) is 4.90 Å². The van der Waals surface area contributed by atoms with Crippen LogP contribution in [0.5, 0.6) is 0 Å². The minimum Gasteiger partial charge on any atom is -0.392 e. The number of hydrogen-bond donors (Lipinski definition) is 0. The average molecular weight is 406 g/mol. The number of fused-ring (bicyclic) bond motifs is 2. The van der Waals surface area contributed by atoms with Crippen molar-refractivity contribution in [3.8, 4) is 6.07 Å². The molecule has 1 amide bonds. The number of carbonyl (C=O) groups is 1. The highest BCUT2D eigenvalue weighted by molar-refractivity contribution is 6.53. The molecule has 152 valence electrons. The first-order valence-corrected chi connectivity index (χ1v) is 9.59. The summed E-state index contributed by atoms with van der Waals surface area (Å²) in [5.41, 5.74) is 2.39. The third-order valence-corrected chi connectivity index (χ3v) is 4.77. The minimum atomic E-state index is -0.693. The number of nitrogens with zero attached hydrogens (tertiary/aromatic N) is 6. The van der Waals surface area contributed by atoms with Crippen LogP contribution >= 0.6 is 0 Å². The van der Waals surface area contributed by atoms with Gasteiger partial charge in [0.1, 0.15) is 24.9 Å². The van der Waals surface area contributed by atoms with Crippen LogP contribution in [0.3, 0.4) is 0 Å². The van der Waals surface area contributed by atoms with Crippen LogP contribution in [-0.2, 0) is 22.7 Å². The molecule has 1 aliphatic heterocycles. The molecule has 3 aromatic rings. The molecule has 3 heterocycles. The van der Waals surface area contributed by atoms with Gasteiger partial charge in [-0.25, -0.2) is 14.4 Å². The number of nitriles is 1. The number of aromatic nitrogens is 3. The molecule has 0 atom stereocenters. The Kier molecular flexibility index (Phi) is 5.66. The number of benzene rings is 1. The van der Waals surface area contributed by atoms with Crippen molar-refractivity contribution in [2.24, 2.45) is 5.16 Å². The molecule has 1 aliphatic rings. The van der Waals surface area contributed by atoms with Gasteiger partial charge in [0.25, 0.3) is 5.91 Å². The predicted octanol–water partition coefficient (Wildman–Crippen LogP) is 2.97. The van der Waals surface area contributed by atoms with E-state index in [4.69, 9.17) is 15.1 Å². The number of carbonyl (C=O) groups excluding carboxylic acids is 1. The maximum atomic E-state index is 13.0. The number of para-hydroxylation sites is 2. The van der Waals surface area contributed by atoms with Crippen molar-refractivity contribution in [1.29, 1.82) is 5.26 Å². The van der Waals surface area contributed by atoms with E-state index in [9.17, 15) is 9.18 Å². The van der Waals surface area contributed by atoms with Gasteiger partial charge in [-0.3, -0.25) is 9.69 Å². The number of rotatable bonds is 8. The fraction of sp³-hybridized carbons (Fsp3) is 0.286. The molecular weight excluding hydrogens is 387 g/mol. The molecule has 9 heteroatoms. The first kappa shape index (κ1) is 19.5. The van der Waals surface area contributed by atoms with E-state index in [2.05, 4.69) is 16.2 Å². The van der Waals surface area contributed by atoms with Crippen LogP contribution in [0.2, 0.25) is 0 Å². The van der Waals surface area contributed by atoms with Gasteiger partial charge in [-0.05, 0) is 30.7 Å². The van der Waals surface area contributed by atoms with E-state index >= 15 is 0 Å². The number of anilines is 1. The zero-order valence-electron chi connectivity index (χ0n) is 16.2. The topological polar surface area (TPSA) is 96.4 Å². The Labute approximate surface area is 172 Å². The second-order valence-electron chi connectivity index (χ2n) is 6.66. The highest BCUT2D eigenvalue weighted by Crippen LogP contribution is 2.29. The van der Waals surface area contributed by atoms with Gasteiger partial charge in [0, 0.05) is 19.2 Å². The van der Waals surface area contributed by atoms with Gasteiger partial charge in [-0.15, -0.1) is 0 Å². The SMILES string of the molecule is N#CCCCn1c(CN2C(=O)/C(=N/OCCF)c3cccnc32)nc2ccccc21. The van der Waals surface area contributed by atoms with Gasteiger partial charge in [0.15, 0.2) is 5.71 Å². The number of halogens is 1. The summed E-state index contributed by atoms with van der Waals surface area (Å²) in [4.78, 5) is 28.5. The Bertz CT molecular complexity index is 1150. The van der Waals surface area contributed by atoms with E-state index in [-0.39, 0.29) is 24.8 Å².